The van der Waals surface area contributed by atoms with Crippen LogP contribution in [0.3, 0.4) is 0 Å². The summed E-state index contributed by atoms with van der Waals surface area (Å²) in [6.45, 7) is 0. The van der Waals surface area contributed by atoms with Crippen molar-refractivity contribution < 1.29 is 14.3 Å². The molecule has 0 saturated heterocycles. The number of nitrogens with zero attached hydrogens (tertiary/aromatic N) is 2. The van der Waals surface area contributed by atoms with Crippen molar-refractivity contribution in [3.63, 3.8) is 0 Å². The average molecular weight is 307 g/mol. The lowest BCUT2D eigenvalue weighted by Crippen LogP contribution is -1.99. The van der Waals surface area contributed by atoms with Gasteiger partial charge in [-0.05, 0) is 40.2 Å². The molecule has 0 spiro atoms. The van der Waals surface area contributed by atoms with E-state index in [0.29, 0.717) is 21.8 Å². The molecule has 0 aliphatic heterocycles. The molecule has 0 aromatic carbocycles. The van der Waals surface area contributed by atoms with Crippen LogP contribution >= 0.6 is 15.9 Å². The number of pyridine rings is 1. The third kappa shape index (κ3) is 1.70. The van der Waals surface area contributed by atoms with Gasteiger partial charge in [0.05, 0.1) is 0 Å². The van der Waals surface area contributed by atoms with Gasteiger partial charge in [-0.2, -0.15) is 0 Å². The molecular weight excluding hydrogens is 300 g/mol. The maximum absolute atomic E-state index is 11.1. The zero-order valence-corrected chi connectivity index (χ0v) is 10.6. The van der Waals surface area contributed by atoms with Crippen molar-refractivity contribution >= 4 is 27.5 Å². The van der Waals surface area contributed by atoms with E-state index in [1.165, 1.54) is 6.07 Å². The van der Waals surface area contributed by atoms with Crippen molar-refractivity contribution in [2.75, 3.05) is 0 Å². The molecule has 0 saturated carbocycles. The second kappa shape index (κ2) is 3.99. The summed E-state index contributed by atoms with van der Waals surface area (Å²) in [7, 11) is 0. The molecule has 6 heteroatoms. The summed E-state index contributed by atoms with van der Waals surface area (Å²) in [5, 5.41) is 9.08. The number of fused-ring (bicyclic) bond motifs is 1. The van der Waals surface area contributed by atoms with Gasteiger partial charge < -0.3 is 13.9 Å². The number of carbonyl (C=O) groups is 1. The van der Waals surface area contributed by atoms with Crippen LogP contribution in [0.2, 0.25) is 0 Å². The first kappa shape index (κ1) is 11.0. The minimum atomic E-state index is -1.00. The minimum absolute atomic E-state index is 0.161. The van der Waals surface area contributed by atoms with Crippen LogP contribution in [0.5, 0.6) is 0 Å². The van der Waals surface area contributed by atoms with Crippen LogP contribution in [-0.4, -0.2) is 20.5 Å². The topological polar surface area (TPSA) is 67.7 Å². The third-order valence-electron chi connectivity index (χ3n) is 2.54. The Hall–Kier alpha value is -2.08. The molecular formula is C12H7BrN2O3. The lowest BCUT2D eigenvalue weighted by atomic mass is 10.3. The predicted molar refractivity (Wildman–Crippen MR) is 67.6 cm³/mol. The quantitative estimate of drug-likeness (QED) is 0.790. The number of rotatable bonds is 2. The molecule has 0 atom stereocenters. The van der Waals surface area contributed by atoms with Gasteiger partial charge in [-0.1, -0.05) is 0 Å². The van der Waals surface area contributed by atoms with Gasteiger partial charge in [0.2, 0.25) is 0 Å². The van der Waals surface area contributed by atoms with E-state index in [4.69, 9.17) is 9.52 Å². The fraction of sp³-hybridized carbons (Fsp3) is 0. The van der Waals surface area contributed by atoms with Crippen LogP contribution in [-0.2, 0) is 0 Å². The van der Waals surface area contributed by atoms with Crippen molar-refractivity contribution in [3.8, 4) is 11.5 Å². The maximum atomic E-state index is 11.1. The molecule has 0 aliphatic carbocycles. The summed E-state index contributed by atoms with van der Waals surface area (Å²) in [5.41, 5.74) is 1.15. The fourth-order valence-corrected chi connectivity index (χ4v) is 2.06. The van der Waals surface area contributed by atoms with Gasteiger partial charge in [0.1, 0.15) is 11.3 Å². The van der Waals surface area contributed by atoms with Gasteiger partial charge in [0, 0.05) is 12.4 Å². The molecule has 3 rings (SSSR count). The predicted octanol–water partition coefficient (Wildman–Crippen LogP) is 3.06. The Bertz CT molecular complexity index is 745. The zero-order valence-electron chi connectivity index (χ0n) is 9.00. The van der Waals surface area contributed by atoms with Crippen LogP contribution in [0.1, 0.15) is 10.4 Å². The SMILES string of the molecule is O=C(O)c1cccn2cc(-c3ccc(Br)o3)nc12. The maximum Gasteiger partial charge on any atom is 0.339 e. The highest BCUT2D eigenvalue weighted by atomic mass is 79.9. The normalized spacial score (nSPS) is 10.9. The zero-order chi connectivity index (χ0) is 12.7. The van der Waals surface area contributed by atoms with E-state index in [1.807, 2.05) is 0 Å². The van der Waals surface area contributed by atoms with Gasteiger partial charge in [0.15, 0.2) is 16.1 Å². The Morgan fingerprint density at radius 1 is 1.39 bits per heavy atom. The van der Waals surface area contributed by atoms with Gasteiger partial charge in [-0.25, -0.2) is 9.78 Å². The molecule has 90 valence electrons. The minimum Gasteiger partial charge on any atom is -0.478 e. The number of imidazole rings is 1. The average Bonchev–Trinajstić information content (AvgIpc) is 2.93. The van der Waals surface area contributed by atoms with E-state index in [-0.39, 0.29) is 5.56 Å². The molecule has 3 heterocycles. The first-order valence-corrected chi connectivity index (χ1v) is 5.91. The number of hydrogen-bond donors (Lipinski definition) is 1. The highest BCUT2D eigenvalue weighted by Gasteiger charge is 2.14. The first-order chi connectivity index (χ1) is 8.65. The first-order valence-electron chi connectivity index (χ1n) is 5.12. The van der Waals surface area contributed by atoms with Crippen LogP contribution in [0, 0.1) is 0 Å². The van der Waals surface area contributed by atoms with Gasteiger partial charge in [-0.3, -0.25) is 0 Å². The Kier molecular flexibility index (Phi) is 2.45. The van der Waals surface area contributed by atoms with Crippen LogP contribution in [0.15, 0.2) is 45.7 Å². The van der Waals surface area contributed by atoms with Crippen LogP contribution < -0.4 is 0 Å². The molecule has 0 amide bonds. The van der Waals surface area contributed by atoms with E-state index < -0.39 is 5.97 Å². The molecule has 5 nitrogen and oxygen atoms in total. The highest BCUT2D eigenvalue weighted by molar-refractivity contribution is 9.10. The summed E-state index contributed by atoms with van der Waals surface area (Å²) < 4.78 is 7.66. The lowest BCUT2D eigenvalue weighted by molar-refractivity contribution is 0.0698. The van der Waals surface area contributed by atoms with E-state index in [0.717, 1.165) is 0 Å². The number of aromatic nitrogens is 2. The van der Waals surface area contributed by atoms with E-state index >= 15 is 0 Å². The molecule has 0 bridgehead atoms. The molecule has 3 aromatic heterocycles. The molecule has 0 aliphatic rings. The number of hydrogen-bond acceptors (Lipinski definition) is 3. The summed E-state index contributed by atoms with van der Waals surface area (Å²) in [6.07, 6.45) is 3.48. The second-order valence-corrected chi connectivity index (χ2v) is 4.47. The van der Waals surface area contributed by atoms with Gasteiger partial charge in [0.25, 0.3) is 0 Å². The second-order valence-electron chi connectivity index (χ2n) is 3.69. The Morgan fingerprint density at radius 3 is 2.89 bits per heavy atom. The lowest BCUT2D eigenvalue weighted by Gasteiger charge is -1.96. The number of carboxylic acids is 1. The van der Waals surface area contributed by atoms with Crippen molar-refractivity contribution in [3.05, 3.63) is 46.9 Å². The molecule has 0 fully saturated rings. The molecule has 0 unspecified atom stereocenters. The summed E-state index contributed by atoms with van der Waals surface area (Å²) in [6, 6.07) is 6.72. The number of aromatic carboxylic acids is 1. The van der Waals surface area contributed by atoms with Crippen molar-refractivity contribution in [2.45, 2.75) is 0 Å². The number of carboxylic acid groups (broad SMARTS) is 1. The van der Waals surface area contributed by atoms with Crippen molar-refractivity contribution in [1.29, 1.82) is 0 Å². The largest absolute Gasteiger partial charge is 0.478 e. The molecule has 1 N–H and O–H groups in total. The Labute approximate surface area is 110 Å². The van der Waals surface area contributed by atoms with E-state index in [2.05, 4.69) is 20.9 Å². The van der Waals surface area contributed by atoms with E-state index in [9.17, 15) is 4.79 Å². The Morgan fingerprint density at radius 2 is 2.22 bits per heavy atom. The number of furan rings is 1. The molecule has 18 heavy (non-hydrogen) atoms. The van der Waals surface area contributed by atoms with Gasteiger partial charge in [-0.15, -0.1) is 0 Å². The fourth-order valence-electron chi connectivity index (χ4n) is 1.75. The number of halogens is 1. The summed E-state index contributed by atoms with van der Waals surface area (Å²) in [4.78, 5) is 15.4. The summed E-state index contributed by atoms with van der Waals surface area (Å²) in [5.74, 6) is -0.416. The smallest absolute Gasteiger partial charge is 0.339 e. The third-order valence-corrected chi connectivity index (χ3v) is 2.97. The van der Waals surface area contributed by atoms with Crippen LogP contribution in [0.25, 0.3) is 17.1 Å². The monoisotopic (exact) mass is 306 g/mol. The standard InChI is InChI=1S/C12H7BrN2O3/c13-10-4-3-9(18-10)8-6-15-5-1-2-7(12(16)17)11(15)14-8/h1-6H,(H,16,17). The van der Waals surface area contributed by atoms with Gasteiger partial charge >= 0.3 is 5.97 Å². The Balaban J connectivity index is 2.22. The van der Waals surface area contributed by atoms with Crippen LogP contribution in [0.4, 0.5) is 0 Å². The van der Waals surface area contributed by atoms with E-state index in [1.54, 1.807) is 35.0 Å². The highest BCUT2D eigenvalue weighted by Crippen LogP contribution is 2.25. The summed E-state index contributed by atoms with van der Waals surface area (Å²) >= 11 is 3.22. The molecule has 3 aromatic rings. The molecule has 0 radical (unpaired) electrons. The van der Waals surface area contributed by atoms with Crippen molar-refractivity contribution in [1.82, 2.24) is 9.38 Å². The van der Waals surface area contributed by atoms with Crippen molar-refractivity contribution in [2.24, 2.45) is 0 Å².